The van der Waals surface area contributed by atoms with E-state index in [9.17, 15) is 19.2 Å². The molecule has 0 aliphatic carbocycles. The molecule has 0 fully saturated rings. The van der Waals surface area contributed by atoms with E-state index in [1.54, 1.807) is 0 Å². The van der Waals surface area contributed by atoms with Gasteiger partial charge in [-0.25, -0.2) is 4.79 Å². The van der Waals surface area contributed by atoms with Crippen molar-refractivity contribution < 1.29 is 23.9 Å². The first-order valence-corrected chi connectivity index (χ1v) is 3.18. The van der Waals surface area contributed by atoms with Gasteiger partial charge in [-0.2, -0.15) is 0 Å². The largest absolute Gasteiger partial charge is 0.387 e. The Bertz CT molecular complexity index is 219. The first-order chi connectivity index (χ1) is 5.43. The maximum absolute atomic E-state index is 10.6. The molecular weight excluding hydrogens is 191 g/mol. The van der Waals surface area contributed by atoms with E-state index >= 15 is 0 Å². The number of hydrogen-bond acceptors (Lipinski definition) is 5. The van der Waals surface area contributed by atoms with E-state index in [2.05, 4.69) is 4.74 Å². The predicted octanol–water partition coefficient (Wildman–Crippen LogP) is -1.56. The Hall–Kier alpha value is -0.988. The molecule has 0 aliphatic rings. The third kappa shape index (κ3) is 7.38. The van der Waals surface area contributed by atoms with Gasteiger partial charge in [-0.15, -0.1) is 0 Å². The number of carbonyl (C=O) groups excluding carboxylic acids is 4. The molecule has 0 aromatic rings. The molecule has 0 saturated carbocycles. The average Bonchev–Trinajstić information content (AvgIpc) is 1.84. The van der Waals surface area contributed by atoms with Crippen molar-refractivity contribution in [3.8, 4) is 0 Å². The quantitative estimate of drug-likeness (QED) is 0.239. The fourth-order valence-corrected chi connectivity index (χ4v) is 0.486. The number of Topliss-reactive ketones (excluding diaryl/α,β-unsaturated/α-hetero) is 2. The van der Waals surface area contributed by atoms with E-state index in [-0.39, 0.29) is 17.4 Å². The molecule has 0 unspecified atom stereocenters. The van der Waals surface area contributed by atoms with E-state index in [4.69, 9.17) is 0 Å². The molecule has 0 radical (unpaired) electrons. The number of hydrogen-bond donors (Lipinski definition) is 0. The van der Waals surface area contributed by atoms with Crippen LogP contribution in [-0.2, 0) is 23.9 Å². The topological polar surface area (TPSA) is 77.5 Å². The summed E-state index contributed by atoms with van der Waals surface area (Å²) in [7, 11) is 0. The molecule has 0 bridgehead atoms. The molecule has 0 N–H and O–H groups in total. The second kappa shape index (κ2) is 6.52. The SMILES string of the molecule is CC(=O)CC(=O)C(=O)OC(C)=O.[AlH3]. The minimum Gasteiger partial charge on any atom is -0.387 e. The highest BCUT2D eigenvalue weighted by molar-refractivity contribution is 6.38. The Morgan fingerprint density at radius 1 is 1.08 bits per heavy atom. The molecule has 0 rings (SSSR count). The lowest BCUT2D eigenvalue weighted by Gasteiger charge is -1.95. The van der Waals surface area contributed by atoms with Crippen LogP contribution in [0.5, 0.6) is 0 Å². The van der Waals surface area contributed by atoms with Crippen molar-refractivity contribution in [2.45, 2.75) is 20.3 Å². The number of rotatable bonds is 3. The third-order valence-corrected chi connectivity index (χ3v) is 0.874. The maximum atomic E-state index is 10.6. The fraction of sp³-hybridized carbons (Fsp3) is 0.429. The summed E-state index contributed by atoms with van der Waals surface area (Å²) in [5.74, 6) is -3.59. The summed E-state index contributed by atoms with van der Waals surface area (Å²) in [6, 6.07) is 0. The molecule has 0 aliphatic heterocycles. The molecular formula is C7H11AlO5. The van der Waals surface area contributed by atoms with Gasteiger partial charge in [0.05, 0.1) is 6.42 Å². The summed E-state index contributed by atoms with van der Waals surface area (Å²) < 4.78 is 3.93. The lowest BCUT2D eigenvalue weighted by molar-refractivity contribution is -0.163. The van der Waals surface area contributed by atoms with Crippen molar-refractivity contribution in [2.75, 3.05) is 0 Å². The molecule has 72 valence electrons. The van der Waals surface area contributed by atoms with Gasteiger partial charge >= 0.3 is 11.9 Å². The van der Waals surface area contributed by atoms with Crippen LogP contribution in [0.25, 0.3) is 0 Å². The highest BCUT2D eigenvalue weighted by atomic mass is 27.0. The zero-order chi connectivity index (χ0) is 9.72. The first-order valence-electron chi connectivity index (χ1n) is 3.18. The Morgan fingerprint density at radius 3 is 1.85 bits per heavy atom. The summed E-state index contributed by atoms with van der Waals surface area (Å²) in [5, 5.41) is 0. The van der Waals surface area contributed by atoms with Gasteiger partial charge < -0.3 is 4.74 Å². The van der Waals surface area contributed by atoms with Crippen molar-refractivity contribution in [1.82, 2.24) is 0 Å². The van der Waals surface area contributed by atoms with Gasteiger partial charge in [-0.05, 0) is 6.92 Å². The summed E-state index contributed by atoms with van der Waals surface area (Å²) in [5.41, 5.74) is 0. The van der Waals surface area contributed by atoms with E-state index in [0.29, 0.717) is 0 Å². The van der Waals surface area contributed by atoms with E-state index in [1.807, 2.05) is 0 Å². The van der Waals surface area contributed by atoms with Gasteiger partial charge in [0, 0.05) is 6.92 Å². The van der Waals surface area contributed by atoms with Gasteiger partial charge in [0.15, 0.2) is 17.4 Å². The fourth-order valence-electron chi connectivity index (χ4n) is 0.486. The minimum absolute atomic E-state index is 0. The first kappa shape index (κ1) is 14.5. The Kier molecular flexibility index (Phi) is 7.29. The van der Waals surface area contributed by atoms with Gasteiger partial charge in [0.2, 0.25) is 5.78 Å². The van der Waals surface area contributed by atoms with Crippen molar-refractivity contribution in [1.29, 1.82) is 0 Å². The van der Waals surface area contributed by atoms with Crippen LogP contribution in [0.15, 0.2) is 0 Å². The number of carbonyl (C=O) groups is 4. The average molecular weight is 202 g/mol. The predicted molar refractivity (Wildman–Crippen MR) is 47.0 cm³/mol. The zero-order valence-corrected chi connectivity index (χ0v) is 6.75. The van der Waals surface area contributed by atoms with E-state index in [0.717, 1.165) is 6.92 Å². The summed E-state index contributed by atoms with van der Waals surface area (Å²) >= 11 is 0. The second-order valence-corrected chi connectivity index (χ2v) is 2.18. The van der Waals surface area contributed by atoms with Crippen molar-refractivity contribution in [3.05, 3.63) is 0 Å². The molecule has 0 heterocycles. The minimum atomic E-state index is -1.28. The van der Waals surface area contributed by atoms with Gasteiger partial charge in [0.25, 0.3) is 0 Å². The highest BCUT2D eigenvalue weighted by Gasteiger charge is 2.18. The molecule has 6 heteroatoms. The normalized spacial score (nSPS) is 8.15. The van der Waals surface area contributed by atoms with Crippen molar-refractivity contribution >= 4 is 40.9 Å². The van der Waals surface area contributed by atoms with Crippen LogP contribution in [0.2, 0.25) is 0 Å². The Labute approximate surface area is 85.6 Å². The van der Waals surface area contributed by atoms with Gasteiger partial charge in [-0.1, -0.05) is 0 Å². The van der Waals surface area contributed by atoms with Crippen LogP contribution in [0.3, 0.4) is 0 Å². The van der Waals surface area contributed by atoms with Gasteiger partial charge in [0.1, 0.15) is 5.78 Å². The van der Waals surface area contributed by atoms with Crippen LogP contribution >= 0.6 is 0 Å². The van der Waals surface area contributed by atoms with Crippen LogP contribution < -0.4 is 0 Å². The smallest absolute Gasteiger partial charge is 0.382 e. The van der Waals surface area contributed by atoms with Crippen molar-refractivity contribution in [2.24, 2.45) is 0 Å². The monoisotopic (exact) mass is 202 g/mol. The number of ketones is 2. The van der Waals surface area contributed by atoms with Crippen LogP contribution in [0.1, 0.15) is 20.3 Å². The van der Waals surface area contributed by atoms with Crippen LogP contribution in [-0.4, -0.2) is 40.9 Å². The molecule has 0 amide bonds. The summed E-state index contributed by atoms with van der Waals surface area (Å²) in [4.78, 5) is 41.7. The molecule has 0 saturated heterocycles. The standard InChI is InChI=1S/C7H8O5.Al.3H/c1-4(8)3-6(10)7(11)12-5(2)9;;;;/h3H2,1-2H3;;;;. The number of esters is 2. The summed E-state index contributed by atoms with van der Waals surface area (Å²) in [6.07, 6.45) is -0.522. The highest BCUT2D eigenvalue weighted by Crippen LogP contribution is 1.89. The lowest BCUT2D eigenvalue weighted by Crippen LogP contribution is -2.21. The van der Waals surface area contributed by atoms with E-state index in [1.165, 1.54) is 6.92 Å². The zero-order valence-electron chi connectivity index (χ0n) is 6.75. The molecule has 0 spiro atoms. The molecule has 0 aromatic heterocycles. The van der Waals surface area contributed by atoms with Crippen molar-refractivity contribution in [3.63, 3.8) is 0 Å². The summed E-state index contributed by atoms with van der Waals surface area (Å²) in [6.45, 7) is 2.16. The second-order valence-electron chi connectivity index (χ2n) is 2.18. The molecule has 0 atom stereocenters. The molecule has 13 heavy (non-hydrogen) atoms. The number of ether oxygens (including phenoxy) is 1. The van der Waals surface area contributed by atoms with Crippen LogP contribution in [0, 0.1) is 0 Å². The van der Waals surface area contributed by atoms with E-state index < -0.39 is 29.9 Å². The Morgan fingerprint density at radius 2 is 1.54 bits per heavy atom. The third-order valence-electron chi connectivity index (χ3n) is 0.874. The van der Waals surface area contributed by atoms with Gasteiger partial charge in [-0.3, -0.25) is 14.4 Å². The van der Waals surface area contributed by atoms with Crippen LogP contribution in [0.4, 0.5) is 0 Å². The molecule has 0 aromatic carbocycles. The molecule has 5 nitrogen and oxygen atoms in total. The Balaban J connectivity index is 0. The maximum Gasteiger partial charge on any atom is 0.382 e. The lowest BCUT2D eigenvalue weighted by atomic mass is 10.2.